The normalized spacial score (nSPS) is 15.6. The van der Waals surface area contributed by atoms with Crippen molar-refractivity contribution in [1.82, 2.24) is 4.57 Å². The molecule has 0 saturated carbocycles. The van der Waals surface area contributed by atoms with E-state index in [0.717, 1.165) is 15.7 Å². The number of halogens is 1. The summed E-state index contributed by atoms with van der Waals surface area (Å²) in [6.45, 7) is 3.74. The maximum atomic E-state index is 13.5. The quantitative estimate of drug-likeness (QED) is 0.495. The molecule has 1 aliphatic rings. The van der Waals surface area contributed by atoms with Gasteiger partial charge in [0.15, 0.2) is 4.80 Å². The number of anilines is 1. The Hall–Kier alpha value is -3.17. The number of esters is 1. The number of fused-ring (bicyclic) bond motifs is 1. The number of ether oxygens (including phenoxy) is 2. The van der Waals surface area contributed by atoms with E-state index in [0.29, 0.717) is 26.4 Å². The van der Waals surface area contributed by atoms with Gasteiger partial charge in [0.2, 0.25) is 0 Å². The molecule has 170 valence electrons. The number of thiazole rings is 1. The molecule has 1 aromatic heterocycles. The Balaban J connectivity index is 1.84. The molecule has 7 nitrogen and oxygen atoms in total. The van der Waals surface area contributed by atoms with E-state index in [2.05, 4.69) is 26.2 Å². The van der Waals surface area contributed by atoms with Crippen LogP contribution in [0.2, 0.25) is 0 Å². The molecule has 0 aliphatic carbocycles. The highest BCUT2D eigenvalue weighted by molar-refractivity contribution is 9.10. The van der Waals surface area contributed by atoms with E-state index in [1.807, 2.05) is 36.4 Å². The van der Waals surface area contributed by atoms with Gasteiger partial charge in [-0.2, -0.15) is 0 Å². The summed E-state index contributed by atoms with van der Waals surface area (Å²) in [5.41, 5.74) is 2.25. The lowest BCUT2D eigenvalue weighted by atomic mass is 9.96. The molecule has 0 radical (unpaired) electrons. The van der Waals surface area contributed by atoms with E-state index < -0.39 is 12.0 Å². The first kappa shape index (κ1) is 23.0. The van der Waals surface area contributed by atoms with Crippen LogP contribution in [0.4, 0.5) is 5.69 Å². The number of hydrogen-bond donors (Lipinski definition) is 1. The third kappa shape index (κ3) is 4.65. The summed E-state index contributed by atoms with van der Waals surface area (Å²) >= 11 is 4.68. The summed E-state index contributed by atoms with van der Waals surface area (Å²) in [5.74, 6) is 0.199. The SMILES string of the molecule is CCOC(=O)C1=C(C)N=c2s/c(=C\Nc3ccc(Br)cc3)c(=O)n2[C@@H]1c1ccc(OC)cc1. The first-order chi connectivity index (χ1) is 15.9. The van der Waals surface area contributed by atoms with Crippen LogP contribution in [0.3, 0.4) is 0 Å². The monoisotopic (exact) mass is 527 g/mol. The molecule has 1 atom stereocenters. The maximum absolute atomic E-state index is 13.5. The van der Waals surface area contributed by atoms with Crippen LogP contribution in [-0.2, 0) is 9.53 Å². The number of carbonyl (C=O) groups excluding carboxylic acids is 1. The number of benzene rings is 2. The standard InChI is InChI=1S/C24H22BrN3O4S/c1-4-32-23(30)20-14(2)27-24-28(21(20)15-5-11-18(31-3)12-6-15)22(29)19(33-24)13-26-17-9-7-16(25)8-10-17/h5-13,21,26H,4H2,1-3H3/b19-13-/t21-/m1/s1. The van der Waals surface area contributed by atoms with Crippen molar-refractivity contribution >= 4 is 45.1 Å². The highest BCUT2D eigenvalue weighted by Crippen LogP contribution is 2.31. The van der Waals surface area contributed by atoms with Crippen molar-refractivity contribution in [2.24, 2.45) is 4.99 Å². The van der Waals surface area contributed by atoms with Crippen LogP contribution in [0, 0.1) is 0 Å². The van der Waals surface area contributed by atoms with Gasteiger partial charge < -0.3 is 14.8 Å². The fourth-order valence-electron chi connectivity index (χ4n) is 3.59. The molecule has 1 aliphatic heterocycles. The zero-order valence-corrected chi connectivity index (χ0v) is 20.7. The summed E-state index contributed by atoms with van der Waals surface area (Å²) < 4.78 is 13.6. The van der Waals surface area contributed by atoms with Crippen molar-refractivity contribution in [2.45, 2.75) is 19.9 Å². The fraction of sp³-hybridized carbons (Fsp3) is 0.208. The van der Waals surface area contributed by atoms with Gasteiger partial charge >= 0.3 is 5.97 Å². The molecule has 3 aromatic rings. The van der Waals surface area contributed by atoms with Crippen molar-refractivity contribution in [1.29, 1.82) is 0 Å². The van der Waals surface area contributed by atoms with E-state index in [-0.39, 0.29) is 12.2 Å². The van der Waals surface area contributed by atoms with E-state index in [1.54, 1.807) is 43.9 Å². The topological polar surface area (TPSA) is 81.9 Å². The van der Waals surface area contributed by atoms with Gasteiger partial charge in [-0.3, -0.25) is 9.36 Å². The Kier molecular flexibility index (Phi) is 6.80. The van der Waals surface area contributed by atoms with Crippen LogP contribution in [0.25, 0.3) is 6.20 Å². The predicted molar refractivity (Wildman–Crippen MR) is 132 cm³/mol. The molecule has 4 rings (SSSR count). The third-order valence-electron chi connectivity index (χ3n) is 5.16. The molecule has 0 spiro atoms. The second-order valence-corrected chi connectivity index (χ2v) is 9.15. The highest BCUT2D eigenvalue weighted by Gasteiger charge is 2.33. The first-order valence-electron chi connectivity index (χ1n) is 10.3. The molecule has 0 bridgehead atoms. The zero-order chi connectivity index (χ0) is 23.5. The van der Waals surface area contributed by atoms with Gasteiger partial charge in [-0.1, -0.05) is 39.4 Å². The van der Waals surface area contributed by atoms with Crippen LogP contribution in [-0.4, -0.2) is 24.3 Å². The maximum Gasteiger partial charge on any atom is 0.338 e. The van der Waals surface area contributed by atoms with Gasteiger partial charge in [-0.05, 0) is 55.8 Å². The van der Waals surface area contributed by atoms with Crippen molar-refractivity contribution in [2.75, 3.05) is 19.0 Å². The van der Waals surface area contributed by atoms with Gasteiger partial charge in [0.1, 0.15) is 10.3 Å². The Morgan fingerprint density at radius 1 is 1.21 bits per heavy atom. The molecule has 0 saturated heterocycles. The molecule has 9 heteroatoms. The van der Waals surface area contributed by atoms with Gasteiger partial charge in [-0.25, -0.2) is 9.79 Å². The number of carbonyl (C=O) groups is 1. The molecule has 2 aromatic carbocycles. The summed E-state index contributed by atoms with van der Waals surface area (Å²) in [4.78, 5) is 31.4. The Morgan fingerprint density at radius 3 is 2.55 bits per heavy atom. The average molecular weight is 528 g/mol. The fourth-order valence-corrected chi connectivity index (χ4v) is 4.82. The summed E-state index contributed by atoms with van der Waals surface area (Å²) in [6, 6.07) is 14.3. The summed E-state index contributed by atoms with van der Waals surface area (Å²) in [5, 5.41) is 3.16. The lowest BCUT2D eigenvalue weighted by molar-refractivity contribution is -0.139. The van der Waals surface area contributed by atoms with E-state index in [9.17, 15) is 9.59 Å². The Bertz CT molecular complexity index is 1390. The zero-order valence-electron chi connectivity index (χ0n) is 18.3. The van der Waals surface area contributed by atoms with Gasteiger partial charge in [0, 0.05) is 16.4 Å². The Morgan fingerprint density at radius 2 is 1.91 bits per heavy atom. The summed E-state index contributed by atoms with van der Waals surface area (Å²) in [6.07, 6.45) is 1.67. The van der Waals surface area contributed by atoms with Crippen LogP contribution in [0.5, 0.6) is 5.75 Å². The van der Waals surface area contributed by atoms with E-state index in [4.69, 9.17) is 9.47 Å². The minimum Gasteiger partial charge on any atom is -0.497 e. The molecule has 1 N–H and O–H groups in total. The largest absolute Gasteiger partial charge is 0.497 e. The molecule has 33 heavy (non-hydrogen) atoms. The number of hydrogen-bond acceptors (Lipinski definition) is 7. The highest BCUT2D eigenvalue weighted by atomic mass is 79.9. The van der Waals surface area contributed by atoms with Crippen LogP contribution in [0.1, 0.15) is 25.5 Å². The smallest absolute Gasteiger partial charge is 0.338 e. The number of rotatable bonds is 6. The number of allylic oxidation sites excluding steroid dienone is 1. The lowest BCUT2D eigenvalue weighted by Crippen LogP contribution is -2.40. The predicted octanol–water partition coefficient (Wildman–Crippen LogP) is 3.59. The van der Waals surface area contributed by atoms with Gasteiger partial charge in [-0.15, -0.1) is 0 Å². The van der Waals surface area contributed by atoms with Crippen molar-refractivity contribution in [3.8, 4) is 5.75 Å². The number of aromatic nitrogens is 1. The lowest BCUT2D eigenvalue weighted by Gasteiger charge is -2.24. The van der Waals surface area contributed by atoms with Gasteiger partial charge in [0.05, 0.1) is 31.0 Å². The minimum absolute atomic E-state index is 0.229. The van der Waals surface area contributed by atoms with Crippen molar-refractivity contribution < 1.29 is 14.3 Å². The summed E-state index contributed by atoms with van der Waals surface area (Å²) in [7, 11) is 1.59. The molecule has 0 amide bonds. The Labute approximate surface area is 202 Å². The number of nitrogens with zero attached hydrogens (tertiary/aromatic N) is 2. The van der Waals surface area contributed by atoms with Crippen LogP contribution < -0.4 is 24.9 Å². The van der Waals surface area contributed by atoms with E-state index in [1.165, 1.54) is 11.3 Å². The molecular formula is C24H22BrN3O4S. The van der Waals surface area contributed by atoms with Crippen LogP contribution in [0.15, 0.2) is 74.1 Å². The average Bonchev–Trinajstić information content (AvgIpc) is 3.12. The van der Waals surface area contributed by atoms with Gasteiger partial charge in [0.25, 0.3) is 5.56 Å². The molecular weight excluding hydrogens is 506 g/mol. The molecule has 0 fully saturated rings. The second kappa shape index (κ2) is 9.76. The number of methoxy groups -OCH3 is 1. The third-order valence-corrected chi connectivity index (χ3v) is 6.67. The molecule has 0 unspecified atom stereocenters. The van der Waals surface area contributed by atoms with E-state index >= 15 is 0 Å². The van der Waals surface area contributed by atoms with Crippen molar-refractivity contribution in [3.05, 3.63) is 89.5 Å². The number of nitrogens with one attached hydrogen (secondary N) is 1. The first-order valence-corrected chi connectivity index (χ1v) is 11.9. The van der Waals surface area contributed by atoms with Crippen LogP contribution >= 0.6 is 27.3 Å². The minimum atomic E-state index is -0.652. The second-order valence-electron chi connectivity index (χ2n) is 7.23. The molecule has 2 heterocycles. The van der Waals surface area contributed by atoms with Crippen molar-refractivity contribution in [3.63, 3.8) is 0 Å².